The van der Waals surface area contributed by atoms with Gasteiger partial charge in [-0.05, 0) is 25.5 Å². The van der Waals surface area contributed by atoms with Gasteiger partial charge in [0.2, 0.25) is 17.5 Å². The molecule has 26 heavy (non-hydrogen) atoms. The predicted octanol–water partition coefficient (Wildman–Crippen LogP) is 2.53. The SMILES string of the molecule is COc1ccc(C2(C)OC(NC(=O)CCCBr)=C(OC(C)=O)C2=O)cc1. The molecule has 0 aliphatic carbocycles. The van der Waals surface area contributed by atoms with Crippen molar-refractivity contribution < 1.29 is 28.6 Å². The van der Waals surface area contributed by atoms with Crippen molar-refractivity contribution >= 4 is 33.6 Å². The summed E-state index contributed by atoms with van der Waals surface area (Å²) in [6.07, 6.45) is 0.852. The van der Waals surface area contributed by atoms with Gasteiger partial charge in [0.25, 0.3) is 5.78 Å². The molecule has 0 bridgehead atoms. The highest BCUT2D eigenvalue weighted by atomic mass is 79.9. The van der Waals surface area contributed by atoms with Gasteiger partial charge in [0.05, 0.1) is 7.11 Å². The summed E-state index contributed by atoms with van der Waals surface area (Å²) in [6.45, 7) is 2.73. The third-order valence-corrected chi connectivity index (χ3v) is 4.39. The lowest BCUT2D eigenvalue weighted by molar-refractivity contribution is -0.142. The Morgan fingerprint density at radius 2 is 1.92 bits per heavy atom. The van der Waals surface area contributed by atoms with E-state index in [-0.39, 0.29) is 24.0 Å². The minimum absolute atomic E-state index is 0.150. The van der Waals surface area contributed by atoms with Crippen LogP contribution in [0.25, 0.3) is 0 Å². The molecule has 0 spiro atoms. The third-order valence-electron chi connectivity index (χ3n) is 3.83. The predicted molar refractivity (Wildman–Crippen MR) is 96.4 cm³/mol. The number of rotatable bonds is 7. The number of carbonyl (C=O) groups excluding carboxylic acids is 3. The summed E-state index contributed by atoms with van der Waals surface area (Å²) in [7, 11) is 1.54. The number of amides is 1. The first-order chi connectivity index (χ1) is 12.3. The van der Waals surface area contributed by atoms with Crippen LogP contribution in [-0.2, 0) is 29.5 Å². The third kappa shape index (κ3) is 4.24. The highest BCUT2D eigenvalue weighted by molar-refractivity contribution is 9.09. The molecule has 1 N–H and O–H groups in total. The zero-order valence-corrected chi connectivity index (χ0v) is 16.3. The molecule has 2 rings (SSSR count). The van der Waals surface area contributed by atoms with Crippen LogP contribution in [-0.4, -0.2) is 30.1 Å². The van der Waals surface area contributed by atoms with Gasteiger partial charge in [0, 0.05) is 24.2 Å². The average Bonchev–Trinajstić information content (AvgIpc) is 2.85. The molecule has 8 heteroatoms. The number of alkyl halides is 1. The van der Waals surface area contributed by atoms with Crippen molar-refractivity contribution in [3.05, 3.63) is 41.5 Å². The fourth-order valence-electron chi connectivity index (χ4n) is 2.45. The summed E-state index contributed by atoms with van der Waals surface area (Å²) in [4.78, 5) is 36.3. The summed E-state index contributed by atoms with van der Waals surface area (Å²) in [6, 6.07) is 6.74. The second kappa shape index (κ2) is 8.35. The minimum atomic E-state index is -1.42. The maximum absolute atomic E-state index is 12.9. The van der Waals surface area contributed by atoms with Gasteiger partial charge >= 0.3 is 5.97 Å². The van der Waals surface area contributed by atoms with Crippen molar-refractivity contribution in [1.82, 2.24) is 5.32 Å². The largest absolute Gasteiger partial charge is 0.497 e. The molecule has 1 aliphatic rings. The van der Waals surface area contributed by atoms with Crippen LogP contribution in [0.3, 0.4) is 0 Å². The molecular weight excluding hydrogens is 406 g/mol. The zero-order chi connectivity index (χ0) is 19.3. The zero-order valence-electron chi connectivity index (χ0n) is 14.8. The van der Waals surface area contributed by atoms with Crippen molar-refractivity contribution in [3.63, 3.8) is 0 Å². The number of methoxy groups -OCH3 is 1. The van der Waals surface area contributed by atoms with Crippen LogP contribution in [0.2, 0.25) is 0 Å². The minimum Gasteiger partial charge on any atom is -0.497 e. The summed E-state index contributed by atoms with van der Waals surface area (Å²) in [5, 5.41) is 3.19. The number of esters is 1. The monoisotopic (exact) mass is 425 g/mol. The number of nitrogens with one attached hydrogen (secondary N) is 1. The number of Topliss-reactive ketones (excluding diaryl/α,β-unsaturated/α-hetero) is 1. The van der Waals surface area contributed by atoms with E-state index in [1.165, 1.54) is 14.0 Å². The Morgan fingerprint density at radius 3 is 2.46 bits per heavy atom. The van der Waals surface area contributed by atoms with Crippen LogP contribution in [0.4, 0.5) is 0 Å². The number of ketones is 1. The molecule has 140 valence electrons. The summed E-state index contributed by atoms with van der Waals surface area (Å²) in [5.41, 5.74) is -0.882. The standard InChI is InChI=1S/C18H20BrNO6/c1-11(21)25-15-16(23)18(2,12-6-8-13(24-3)9-7-12)26-17(15)20-14(22)5-4-10-19/h6-9H,4-5,10H2,1-3H3,(H,20,22). The van der Waals surface area contributed by atoms with E-state index in [9.17, 15) is 14.4 Å². The number of ether oxygens (including phenoxy) is 3. The van der Waals surface area contributed by atoms with Crippen LogP contribution >= 0.6 is 15.9 Å². The summed E-state index contributed by atoms with van der Waals surface area (Å²) < 4.78 is 15.9. The molecule has 0 saturated heterocycles. The topological polar surface area (TPSA) is 90.9 Å². The Kier molecular flexibility index (Phi) is 6.42. The number of carbonyl (C=O) groups is 3. The molecule has 1 atom stereocenters. The van der Waals surface area contributed by atoms with Gasteiger partial charge < -0.3 is 14.2 Å². The van der Waals surface area contributed by atoms with Gasteiger partial charge in [-0.2, -0.15) is 0 Å². The van der Waals surface area contributed by atoms with E-state index in [2.05, 4.69) is 21.2 Å². The van der Waals surface area contributed by atoms with E-state index in [1.807, 2.05) is 0 Å². The van der Waals surface area contributed by atoms with Crippen LogP contribution in [0.15, 0.2) is 35.9 Å². The van der Waals surface area contributed by atoms with Crippen molar-refractivity contribution in [2.75, 3.05) is 12.4 Å². The normalized spacial score (nSPS) is 19.2. The van der Waals surface area contributed by atoms with Crippen LogP contribution < -0.4 is 10.1 Å². The van der Waals surface area contributed by atoms with Gasteiger partial charge in [-0.3, -0.25) is 19.7 Å². The van der Waals surface area contributed by atoms with E-state index < -0.39 is 17.4 Å². The second-order valence-corrected chi connectivity index (χ2v) is 6.58. The molecule has 0 radical (unpaired) electrons. The van der Waals surface area contributed by atoms with Crippen LogP contribution in [0, 0.1) is 0 Å². The fourth-order valence-corrected chi connectivity index (χ4v) is 2.73. The Balaban J connectivity index is 2.31. The summed E-state index contributed by atoms with van der Waals surface area (Å²) >= 11 is 3.25. The maximum atomic E-state index is 12.9. The van der Waals surface area contributed by atoms with Gasteiger partial charge in [-0.15, -0.1) is 0 Å². The molecule has 0 aromatic heterocycles. The molecule has 1 amide bonds. The Morgan fingerprint density at radius 1 is 1.27 bits per heavy atom. The van der Waals surface area contributed by atoms with Gasteiger partial charge in [-0.25, -0.2) is 0 Å². The molecule has 1 unspecified atom stereocenters. The van der Waals surface area contributed by atoms with Crippen LogP contribution in [0.5, 0.6) is 5.75 Å². The van der Waals surface area contributed by atoms with E-state index in [1.54, 1.807) is 31.2 Å². The first-order valence-corrected chi connectivity index (χ1v) is 9.10. The molecule has 1 aliphatic heterocycles. The Bertz CT molecular complexity index is 743. The number of benzene rings is 1. The second-order valence-electron chi connectivity index (χ2n) is 5.79. The Labute approximate surface area is 159 Å². The lowest BCUT2D eigenvalue weighted by atomic mass is 9.91. The van der Waals surface area contributed by atoms with Crippen molar-refractivity contribution in [1.29, 1.82) is 0 Å². The fraction of sp³-hybridized carbons (Fsp3) is 0.389. The van der Waals surface area contributed by atoms with Crippen molar-refractivity contribution in [3.8, 4) is 5.75 Å². The highest BCUT2D eigenvalue weighted by Crippen LogP contribution is 2.38. The summed E-state index contributed by atoms with van der Waals surface area (Å²) in [5.74, 6) is -1.39. The molecule has 1 heterocycles. The molecule has 0 saturated carbocycles. The maximum Gasteiger partial charge on any atom is 0.308 e. The lowest BCUT2D eigenvalue weighted by Crippen LogP contribution is -2.32. The van der Waals surface area contributed by atoms with E-state index >= 15 is 0 Å². The number of hydrogen-bond acceptors (Lipinski definition) is 6. The van der Waals surface area contributed by atoms with E-state index in [0.29, 0.717) is 23.1 Å². The molecule has 0 fully saturated rings. The van der Waals surface area contributed by atoms with Crippen molar-refractivity contribution in [2.24, 2.45) is 0 Å². The van der Waals surface area contributed by atoms with E-state index in [4.69, 9.17) is 14.2 Å². The Hall–Kier alpha value is -2.35. The molecule has 1 aromatic rings. The van der Waals surface area contributed by atoms with E-state index in [0.717, 1.165) is 0 Å². The van der Waals surface area contributed by atoms with Crippen LogP contribution in [0.1, 0.15) is 32.3 Å². The molecule has 1 aromatic carbocycles. The number of hydrogen-bond donors (Lipinski definition) is 1. The highest BCUT2D eigenvalue weighted by Gasteiger charge is 2.49. The average molecular weight is 426 g/mol. The van der Waals surface area contributed by atoms with Gasteiger partial charge in [-0.1, -0.05) is 28.1 Å². The quantitative estimate of drug-likeness (QED) is 0.533. The van der Waals surface area contributed by atoms with Gasteiger partial charge in [0.1, 0.15) is 5.75 Å². The molecular formula is C18H20BrNO6. The first-order valence-electron chi connectivity index (χ1n) is 7.98. The lowest BCUT2D eigenvalue weighted by Gasteiger charge is -2.23. The smallest absolute Gasteiger partial charge is 0.308 e. The van der Waals surface area contributed by atoms with Gasteiger partial charge in [0.15, 0.2) is 5.60 Å². The number of halogens is 1. The van der Waals surface area contributed by atoms with Crippen molar-refractivity contribution in [2.45, 2.75) is 32.3 Å². The first kappa shape index (κ1) is 20.0. The molecule has 7 nitrogen and oxygen atoms in total.